The zero-order valence-corrected chi connectivity index (χ0v) is 23.6. The fourth-order valence-electron chi connectivity index (χ4n) is 4.81. The topological polar surface area (TPSA) is 162 Å². The van der Waals surface area contributed by atoms with E-state index < -0.39 is 23.2 Å². The number of nitriles is 1. The van der Waals surface area contributed by atoms with Crippen molar-refractivity contribution in [3.05, 3.63) is 83.1 Å². The number of aromatic nitrogens is 4. The molecule has 1 atom stereocenters. The van der Waals surface area contributed by atoms with Gasteiger partial charge in [-0.25, -0.2) is 14.8 Å². The summed E-state index contributed by atoms with van der Waals surface area (Å²) in [4.78, 5) is 35.2. The van der Waals surface area contributed by atoms with E-state index in [2.05, 4.69) is 20.6 Å². The van der Waals surface area contributed by atoms with Crippen LogP contribution in [0.1, 0.15) is 20.8 Å². The Bertz CT molecular complexity index is 1710. The third-order valence-corrected chi connectivity index (χ3v) is 6.72. The van der Waals surface area contributed by atoms with Gasteiger partial charge in [0.2, 0.25) is 0 Å². The molecule has 1 unspecified atom stereocenters. The van der Waals surface area contributed by atoms with Crippen LogP contribution in [0.3, 0.4) is 0 Å². The number of amides is 1. The number of carbonyl (C=O) groups is 1. The summed E-state index contributed by atoms with van der Waals surface area (Å²) < 4.78 is 13.9. The Morgan fingerprint density at radius 1 is 1.19 bits per heavy atom. The minimum Gasteiger partial charge on any atom is -0.457 e. The molecule has 1 aliphatic rings. The van der Waals surface area contributed by atoms with Gasteiger partial charge in [0.1, 0.15) is 35.0 Å². The van der Waals surface area contributed by atoms with Crippen LogP contribution in [0.15, 0.2) is 77.4 Å². The third kappa shape index (κ3) is 6.17. The number of nitrogens with two attached hydrogens (primary N) is 1. The van der Waals surface area contributed by atoms with Gasteiger partial charge in [-0.2, -0.15) is 5.26 Å². The molecule has 4 aromatic rings. The predicted octanol–water partition coefficient (Wildman–Crippen LogP) is 2.68. The first-order valence-corrected chi connectivity index (χ1v) is 13.5. The van der Waals surface area contributed by atoms with Crippen molar-refractivity contribution >= 4 is 22.9 Å². The van der Waals surface area contributed by atoms with E-state index in [1.807, 2.05) is 50.2 Å². The van der Waals surface area contributed by atoms with E-state index in [4.69, 9.17) is 15.2 Å². The molecule has 0 saturated carbocycles. The summed E-state index contributed by atoms with van der Waals surface area (Å²) in [6, 6.07) is 18.0. The number of hydrogen-bond donors (Lipinski definition) is 3. The third-order valence-electron chi connectivity index (χ3n) is 6.72. The number of para-hydroxylation sites is 1. The maximum absolute atomic E-state index is 13.7. The Kier molecular flexibility index (Phi) is 8.06. The fourth-order valence-corrected chi connectivity index (χ4v) is 4.81. The first kappa shape index (κ1) is 28.5. The van der Waals surface area contributed by atoms with Gasteiger partial charge < -0.3 is 25.8 Å². The highest BCUT2D eigenvalue weighted by molar-refractivity contribution is 5.97. The number of nitrogens with zero attached hydrogens (tertiary/aromatic N) is 5. The summed E-state index contributed by atoms with van der Waals surface area (Å²) in [5.74, 6) is 0.890. The number of rotatable bonds is 10. The van der Waals surface area contributed by atoms with Crippen molar-refractivity contribution in [2.24, 2.45) is 0 Å². The maximum Gasteiger partial charge on any atom is 0.335 e. The molecule has 1 amide bonds. The van der Waals surface area contributed by atoms with Crippen LogP contribution in [0.5, 0.6) is 11.5 Å². The van der Waals surface area contributed by atoms with Gasteiger partial charge in [-0.3, -0.25) is 13.9 Å². The highest BCUT2D eigenvalue weighted by Gasteiger charge is 2.27. The van der Waals surface area contributed by atoms with Crippen LogP contribution in [0.25, 0.3) is 16.9 Å². The number of hydrogen-bond acceptors (Lipinski definition) is 9. The number of carbonyl (C=O) groups excluding carboxylic acids is 1. The zero-order chi connectivity index (χ0) is 29.9. The molecule has 5 rings (SSSR count). The number of benzene rings is 2. The summed E-state index contributed by atoms with van der Waals surface area (Å²) in [6.45, 7) is 6.78. The molecule has 2 aromatic heterocycles. The molecule has 0 aliphatic carbocycles. The van der Waals surface area contributed by atoms with E-state index in [1.165, 1.54) is 15.5 Å². The Morgan fingerprint density at radius 3 is 2.52 bits per heavy atom. The first-order valence-electron chi connectivity index (χ1n) is 13.5. The second-order valence-corrected chi connectivity index (χ2v) is 10.7. The molecule has 12 nitrogen and oxygen atoms in total. The van der Waals surface area contributed by atoms with Crippen LogP contribution < -0.4 is 26.8 Å². The minimum atomic E-state index is -0.597. The normalized spacial score (nSPS) is 14.7. The molecule has 216 valence electrons. The standard InChI is InChI=1S/C30H32N8O4/c1-19(35-28(39)20(14-31)13-30(2,3)36-21-16-41-17-21)15-37-27-25(26(32)33-18-34-27)38(29(37)40)22-9-11-24(12-10-22)42-23-7-5-4-6-8-23/h4-13,18-19,21,36H,15-17H2,1-3H3,(H,35,39)(H2,32,33,34). The van der Waals surface area contributed by atoms with Crippen molar-refractivity contribution in [2.75, 3.05) is 18.9 Å². The molecule has 0 bridgehead atoms. The molecule has 1 fully saturated rings. The van der Waals surface area contributed by atoms with Crippen LogP contribution in [-0.4, -0.2) is 55.8 Å². The lowest BCUT2D eigenvalue weighted by Crippen LogP contribution is -2.54. The minimum absolute atomic E-state index is 0.0289. The second kappa shape index (κ2) is 11.9. The number of fused-ring (bicyclic) bond motifs is 1. The predicted molar refractivity (Wildman–Crippen MR) is 157 cm³/mol. The Labute approximate surface area is 242 Å². The van der Waals surface area contributed by atoms with Crippen molar-refractivity contribution in [1.29, 1.82) is 5.26 Å². The van der Waals surface area contributed by atoms with Crippen molar-refractivity contribution in [3.63, 3.8) is 0 Å². The lowest BCUT2D eigenvalue weighted by atomic mass is 9.99. The number of ether oxygens (including phenoxy) is 2. The van der Waals surface area contributed by atoms with Gasteiger partial charge in [0, 0.05) is 18.1 Å². The first-order chi connectivity index (χ1) is 20.1. The van der Waals surface area contributed by atoms with E-state index in [0.29, 0.717) is 41.6 Å². The summed E-state index contributed by atoms with van der Waals surface area (Å²) in [6.07, 6.45) is 2.89. The highest BCUT2D eigenvalue weighted by atomic mass is 16.5. The fraction of sp³-hybridized carbons (Fsp3) is 0.300. The summed E-state index contributed by atoms with van der Waals surface area (Å²) in [5, 5.41) is 15.9. The van der Waals surface area contributed by atoms with Crippen LogP contribution in [0.4, 0.5) is 5.82 Å². The molecule has 2 aromatic carbocycles. The second-order valence-electron chi connectivity index (χ2n) is 10.7. The highest BCUT2D eigenvalue weighted by Crippen LogP contribution is 2.25. The lowest BCUT2D eigenvalue weighted by molar-refractivity contribution is -0.117. The maximum atomic E-state index is 13.7. The Hall–Kier alpha value is -4.99. The van der Waals surface area contributed by atoms with Gasteiger partial charge >= 0.3 is 5.69 Å². The lowest BCUT2D eigenvalue weighted by Gasteiger charge is -2.34. The Balaban J connectivity index is 1.38. The molecule has 4 N–H and O–H groups in total. The average Bonchev–Trinajstić information content (AvgIpc) is 3.22. The van der Waals surface area contributed by atoms with Crippen molar-refractivity contribution < 1.29 is 14.3 Å². The van der Waals surface area contributed by atoms with Crippen LogP contribution in [-0.2, 0) is 16.1 Å². The van der Waals surface area contributed by atoms with Crippen molar-refractivity contribution in [3.8, 4) is 23.3 Å². The zero-order valence-electron chi connectivity index (χ0n) is 23.6. The summed E-state index contributed by atoms with van der Waals surface area (Å²) in [5.41, 5.74) is 6.40. The van der Waals surface area contributed by atoms with Crippen LogP contribution >= 0.6 is 0 Å². The summed E-state index contributed by atoms with van der Waals surface area (Å²) >= 11 is 0. The Morgan fingerprint density at radius 2 is 1.88 bits per heavy atom. The SMILES string of the molecule is CC(Cn1c(=O)n(-c2ccc(Oc3ccccc3)cc2)c2c(N)ncnc21)NC(=O)C(C#N)=CC(C)(C)NC1COC1. The van der Waals surface area contributed by atoms with Crippen LogP contribution in [0.2, 0.25) is 0 Å². The molecule has 12 heteroatoms. The van der Waals surface area contributed by atoms with Gasteiger partial charge in [-0.1, -0.05) is 18.2 Å². The number of imidazole rings is 1. The monoisotopic (exact) mass is 568 g/mol. The van der Waals surface area contributed by atoms with E-state index in [1.54, 1.807) is 37.3 Å². The number of nitrogen functional groups attached to an aromatic ring is 1. The molecule has 1 aliphatic heterocycles. The average molecular weight is 569 g/mol. The van der Waals surface area contributed by atoms with E-state index in [9.17, 15) is 14.9 Å². The van der Waals surface area contributed by atoms with Crippen molar-refractivity contribution in [1.82, 2.24) is 29.7 Å². The van der Waals surface area contributed by atoms with E-state index in [-0.39, 0.29) is 24.0 Å². The van der Waals surface area contributed by atoms with Gasteiger partial charge in [-0.05, 0) is 63.2 Å². The molecule has 3 heterocycles. The van der Waals surface area contributed by atoms with Crippen LogP contribution in [0, 0.1) is 11.3 Å². The van der Waals surface area contributed by atoms with Gasteiger partial charge in [-0.15, -0.1) is 0 Å². The number of nitrogens with one attached hydrogen (secondary N) is 2. The molecular weight excluding hydrogens is 536 g/mol. The summed E-state index contributed by atoms with van der Waals surface area (Å²) in [7, 11) is 0. The molecule has 0 radical (unpaired) electrons. The van der Waals surface area contributed by atoms with Crippen molar-refractivity contribution in [2.45, 2.75) is 44.9 Å². The van der Waals surface area contributed by atoms with Gasteiger partial charge in [0.15, 0.2) is 11.5 Å². The van der Waals surface area contributed by atoms with Gasteiger partial charge in [0.05, 0.1) is 24.9 Å². The molecule has 1 saturated heterocycles. The van der Waals surface area contributed by atoms with Gasteiger partial charge in [0.25, 0.3) is 5.91 Å². The van der Waals surface area contributed by atoms with E-state index >= 15 is 0 Å². The largest absolute Gasteiger partial charge is 0.457 e. The van der Waals surface area contributed by atoms with E-state index in [0.717, 1.165) is 0 Å². The molecular formula is C30H32N8O4. The molecule has 42 heavy (non-hydrogen) atoms. The smallest absolute Gasteiger partial charge is 0.335 e. The molecule has 0 spiro atoms. The number of anilines is 1. The quantitative estimate of drug-likeness (QED) is 0.193.